The Kier molecular flexibility index (Phi) is 7.98. The molecule has 8 nitrogen and oxygen atoms in total. The van der Waals surface area contributed by atoms with E-state index in [0.717, 1.165) is 24.9 Å². The number of aromatic nitrogens is 1. The first-order chi connectivity index (χ1) is 14.5. The molecule has 30 heavy (non-hydrogen) atoms. The molecule has 1 fully saturated rings. The van der Waals surface area contributed by atoms with E-state index in [4.69, 9.17) is 9.26 Å². The average Bonchev–Trinajstić information content (AvgIpc) is 3.43. The van der Waals surface area contributed by atoms with Crippen molar-refractivity contribution < 1.29 is 18.8 Å². The Balaban J connectivity index is 1.63. The maximum absolute atomic E-state index is 13.1. The van der Waals surface area contributed by atoms with Crippen molar-refractivity contribution in [1.29, 1.82) is 0 Å². The Labute approximate surface area is 177 Å². The topological polar surface area (TPSA) is 87.9 Å². The van der Waals surface area contributed by atoms with Gasteiger partial charge in [0.1, 0.15) is 0 Å². The number of nitrogens with one attached hydrogen (secondary N) is 1. The van der Waals surface area contributed by atoms with Crippen molar-refractivity contribution in [3.8, 4) is 11.3 Å². The summed E-state index contributed by atoms with van der Waals surface area (Å²) in [5.74, 6) is 0.210. The van der Waals surface area contributed by atoms with Crippen LogP contribution in [0.3, 0.4) is 0 Å². The van der Waals surface area contributed by atoms with Gasteiger partial charge in [-0.3, -0.25) is 9.59 Å². The number of likely N-dealkylation sites (N-methyl/N-ethyl adjacent to an activating group) is 1. The number of amides is 2. The zero-order chi connectivity index (χ0) is 21.3. The van der Waals surface area contributed by atoms with Gasteiger partial charge in [0.2, 0.25) is 5.91 Å². The highest BCUT2D eigenvalue weighted by Gasteiger charge is 2.26. The molecule has 0 aliphatic carbocycles. The molecule has 0 saturated carbocycles. The molecular weight excluding hydrogens is 384 g/mol. The summed E-state index contributed by atoms with van der Waals surface area (Å²) in [4.78, 5) is 28.9. The number of carbonyl (C=O) groups excluding carboxylic acids is 2. The van der Waals surface area contributed by atoms with Gasteiger partial charge < -0.3 is 24.4 Å². The molecule has 1 aromatic carbocycles. The third kappa shape index (κ3) is 6.40. The van der Waals surface area contributed by atoms with Crippen molar-refractivity contribution in [3.63, 3.8) is 0 Å². The predicted octanol–water partition coefficient (Wildman–Crippen LogP) is 2.03. The van der Waals surface area contributed by atoms with Crippen molar-refractivity contribution in [2.24, 2.45) is 0 Å². The van der Waals surface area contributed by atoms with E-state index in [1.807, 2.05) is 49.3 Å². The summed E-state index contributed by atoms with van der Waals surface area (Å²) in [6.45, 7) is 2.80. The van der Waals surface area contributed by atoms with Crippen LogP contribution in [0.5, 0.6) is 0 Å². The third-order valence-electron chi connectivity index (χ3n) is 5.01. The zero-order valence-corrected chi connectivity index (χ0v) is 17.7. The lowest BCUT2D eigenvalue weighted by molar-refractivity contribution is -0.121. The van der Waals surface area contributed by atoms with Crippen molar-refractivity contribution in [1.82, 2.24) is 20.3 Å². The van der Waals surface area contributed by atoms with E-state index in [2.05, 4.69) is 10.5 Å². The Morgan fingerprint density at radius 2 is 2.00 bits per heavy atom. The van der Waals surface area contributed by atoms with Crippen LogP contribution in [0.25, 0.3) is 11.3 Å². The number of ether oxygens (including phenoxy) is 1. The van der Waals surface area contributed by atoms with E-state index in [-0.39, 0.29) is 30.0 Å². The minimum absolute atomic E-state index is 0.00810. The summed E-state index contributed by atoms with van der Waals surface area (Å²) >= 11 is 0. The first-order valence-electron chi connectivity index (χ1n) is 10.4. The van der Waals surface area contributed by atoms with Crippen LogP contribution in [-0.4, -0.2) is 79.8 Å². The maximum atomic E-state index is 13.1. The van der Waals surface area contributed by atoms with Gasteiger partial charge in [-0.2, -0.15) is 0 Å². The third-order valence-corrected chi connectivity index (χ3v) is 5.01. The Morgan fingerprint density at radius 1 is 1.20 bits per heavy atom. The molecule has 8 heteroatoms. The van der Waals surface area contributed by atoms with E-state index in [1.54, 1.807) is 11.0 Å². The number of hydrogen-bond donors (Lipinski definition) is 1. The standard InChI is InChI=1S/C22H30N4O4/c1-25(2)13-11-23-21(27)10-12-26(16-18-9-6-14-29-18)22(28)19-15-20(30-24-19)17-7-4-3-5-8-17/h3-5,7-8,15,18H,6,9-14,16H2,1-2H3,(H,23,27). The van der Waals surface area contributed by atoms with Gasteiger partial charge in [0.15, 0.2) is 11.5 Å². The van der Waals surface area contributed by atoms with Crippen LogP contribution in [-0.2, 0) is 9.53 Å². The fourth-order valence-corrected chi connectivity index (χ4v) is 3.33. The molecule has 0 bridgehead atoms. The molecule has 1 N–H and O–H groups in total. The summed E-state index contributed by atoms with van der Waals surface area (Å²) in [6.07, 6.45) is 2.12. The molecule has 1 saturated heterocycles. The van der Waals surface area contributed by atoms with Gasteiger partial charge in [-0.05, 0) is 26.9 Å². The van der Waals surface area contributed by atoms with Gasteiger partial charge in [0.25, 0.3) is 5.91 Å². The molecule has 1 aliphatic rings. The van der Waals surface area contributed by atoms with Gasteiger partial charge in [0.05, 0.1) is 6.10 Å². The molecular formula is C22H30N4O4. The smallest absolute Gasteiger partial charge is 0.276 e. The largest absolute Gasteiger partial charge is 0.376 e. The number of nitrogens with zero attached hydrogens (tertiary/aromatic N) is 3. The monoisotopic (exact) mass is 414 g/mol. The predicted molar refractivity (Wildman–Crippen MR) is 113 cm³/mol. The first-order valence-corrected chi connectivity index (χ1v) is 10.4. The molecule has 1 aliphatic heterocycles. The number of hydrogen-bond acceptors (Lipinski definition) is 6. The molecule has 1 unspecified atom stereocenters. The molecule has 1 atom stereocenters. The molecule has 0 radical (unpaired) electrons. The molecule has 3 rings (SSSR count). The van der Waals surface area contributed by atoms with E-state index in [9.17, 15) is 9.59 Å². The zero-order valence-electron chi connectivity index (χ0n) is 17.7. The summed E-state index contributed by atoms with van der Waals surface area (Å²) < 4.78 is 11.1. The minimum Gasteiger partial charge on any atom is -0.376 e. The molecule has 2 aromatic rings. The second-order valence-corrected chi connectivity index (χ2v) is 7.73. The Hall–Kier alpha value is -2.71. The van der Waals surface area contributed by atoms with Crippen molar-refractivity contribution in [3.05, 3.63) is 42.1 Å². The quantitative estimate of drug-likeness (QED) is 0.640. The number of rotatable bonds is 10. The van der Waals surface area contributed by atoms with Crippen molar-refractivity contribution >= 4 is 11.8 Å². The molecule has 0 spiro atoms. The number of carbonyl (C=O) groups is 2. The molecule has 2 amide bonds. The van der Waals surface area contributed by atoms with Gasteiger partial charge in [-0.1, -0.05) is 35.5 Å². The normalized spacial score (nSPS) is 16.0. The molecule has 162 valence electrons. The van der Waals surface area contributed by atoms with Gasteiger partial charge in [0, 0.05) is 50.8 Å². The van der Waals surface area contributed by atoms with Gasteiger partial charge in [-0.25, -0.2) is 0 Å². The van der Waals surface area contributed by atoms with Gasteiger partial charge in [-0.15, -0.1) is 0 Å². The first kappa shape index (κ1) is 22.0. The lowest BCUT2D eigenvalue weighted by Gasteiger charge is -2.24. The minimum atomic E-state index is -0.252. The van der Waals surface area contributed by atoms with E-state index >= 15 is 0 Å². The van der Waals surface area contributed by atoms with Crippen molar-refractivity contribution in [2.45, 2.75) is 25.4 Å². The van der Waals surface area contributed by atoms with Crippen LogP contribution in [0.15, 0.2) is 40.9 Å². The van der Waals surface area contributed by atoms with Gasteiger partial charge >= 0.3 is 0 Å². The molecule has 1 aromatic heterocycles. The highest BCUT2D eigenvalue weighted by atomic mass is 16.5. The summed E-state index contributed by atoms with van der Waals surface area (Å²) in [7, 11) is 3.91. The van der Waals surface area contributed by atoms with Crippen LogP contribution < -0.4 is 5.32 Å². The van der Waals surface area contributed by atoms with Crippen LogP contribution in [0.2, 0.25) is 0 Å². The summed E-state index contributed by atoms with van der Waals surface area (Å²) in [5.41, 5.74) is 1.09. The van der Waals surface area contributed by atoms with Crippen LogP contribution in [0, 0.1) is 0 Å². The lowest BCUT2D eigenvalue weighted by atomic mass is 10.1. The van der Waals surface area contributed by atoms with Crippen molar-refractivity contribution in [2.75, 3.05) is 46.9 Å². The Morgan fingerprint density at radius 3 is 2.70 bits per heavy atom. The maximum Gasteiger partial charge on any atom is 0.276 e. The number of benzene rings is 1. The van der Waals surface area contributed by atoms with Crippen LogP contribution in [0.1, 0.15) is 29.8 Å². The summed E-state index contributed by atoms with van der Waals surface area (Å²) in [6, 6.07) is 11.2. The lowest BCUT2D eigenvalue weighted by Crippen LogP contribution is -2.40. The second kappa shape index (κ2) is 10.9. The average molecular weight is 415 g/mol. The van der Waals surface area contributed by atoms with E-state index < -0.39 is 0 Å². The fraction of sp³-hybridized carbons (Fsp3) is 0.500. The van der Waals surface area contributed by atoms with E-state index in [0.29, 0.717) is 32.0 Å². The summed E-state index contributed by atoms with van der Waals surface area (Å²) in [5, 5.41) is 6.85. The molecule has 2 heterocycles. The Bertz CT molecular complexity index is 816. The highest BCUT2D eigenvalue weighted by Crippen LogP contribution is 2.21. The second-order valence-electron chi connectivity index (χ2n) is 7.73. The van der Waals surface area contributed by atoms with E-state index in [1.165, 1.54) is 0 Å². The highest BCUT2D eigenvalue weighted by molar-refractivity contribution is 5.93. The van der Waals surface area contributed by atoms with Crippen LogP contribution >= 0.6 is 0 Å². The SMILES string of the molecule is CN(C)CCNC(=O)CCN(CC1CCCO1)C(=O)c1cc(-c2ccccc2)on1. The fourth-order valence-electron chi connectivity index (χ4n) is 3.33. The van der Waals surface area contributed by atoms with Crippen LogP contribution in [0.4, 0.5) is 0 Å².